The normalized spacial score (nSPS) is 11.0. The fourth-order valence-corrected chi connectivity index (χ4v) is 3.05. The van der Waals surface area contributed by atoms with Gasteiger partial charge in [-0.2, -0.15) is 0 Å². The lowest BCUT2D eigenvalue weighted by Crippen LogP contribution is -2.52. The summed E-state index contributed by atoms with van der Waals surface area (Å²) in [5.41, 5.74) is 2.74. The molecule has 0 aromatic heterocycles. The summed E-state index contributed by atoms with van der Waals surface area (Å²) < 4.78 is 19.5. The molecule has 0 unspecified atom stereocenters. The van der Waals surface area contributed by atoms with Gasteiger partial charge in [-0.3, -0.25) is 4.90 Å². The number of halogens is 3. The van der Waals surface area contributed by atoms with Crippen molar-refractivity contribution in [3.8, 4) is 0 Å². The number of ether oxygens (including phenoxy) is 1. The Bertz CT molecular complexity index is 867. The predicted octanol–water partition coefficient (Wildman–Crippen LogP) is 5.74. The second kappa shape index (κ2) is 9.45. The zero-order valence-electron chi connectivity index (χ0n) is 16.5. The summed E-state index contributed by atoms with van der Waals surface area (Å²) in [5, 5.41) is 1.59. The summed E-state index contributed by atoms with van der Waals surface area (Å²) in [5.74, 6) is -0.468. The van der Waals surface area contributed by atoms with Gasteiger partial charge in [0.1, 0.15) is 11.4 Å². The third kappa shape index (κ3) is 7.21. The van der Waals surface area contributed by atoms with Gasteiger partial charge in [-0.15, -0.1) is 0 Å². The quantitative estimate of drug-likeness (QED) is 0.563. The first kappa shape index (κ1) is 23.0. The van der Waals surface area contributed by atoms with E-state index in [2.05, 4.69) is 21.4 Å². The molecular weight excluding hydrogens is 465 g/mol. The monoisotopic (exact) mass is 485 g/mol. The van der Waals surface area contributed by atoms with Crippen LogP contribution < -0.4 is 10.3 Å². The second-order valence-electron chi connectivity index (χ2n) is 7.30. The largest absolute Gasteiger partial charge is 0.443 e. The van der Waals surface area contributed by atoms with Gasteiger partial charge in [-0.05, 0) is 68.8 Å². The Morgan fingerprint density at radius 3 is 2.34 bits per heavy atom. The lowest BCUT2D eigenvalue weighted by Gasteiger charge is -2.30. The van der Waals surface area contributed by atoms with E-state index in [4.69, 9.17) is 16.3 Å². The first-order chi connectivity index (χ1) is 13.4. The molecule has 3 amide bonds. The smallest absolute Gasteiger partial charge is 0.426 e. The summed E-state index contributed by atoms with van der Waals surface area (Å²) in [6, 6.07) is 10.3. The van der Waals surface area contributed by atoms with Crippen LogP contribution in [0.4, 0.5) is 19.7 Å². The number of benzene rings is 2. The number of hydrazine groups is 1. The van der Waals surface area contributed by atoms with Crippen LogP contribution in [0.3, 0.4) is 0 Å². The molecule has 0 aliphatic carbocycles. The molecule has 0 heterocycles. The van der Waals surface area contributed by atoms with Gasteiger partial charge in [-0.1, -0.05) is 27.5 Å². The summed E-state index contributed by atoms with van der Waals surface area (Å²) in [7, 11) is 1.55. The van der Waals surface area contributed by atoms with Gasteiger partial charge in [0.2, 0.25) is 0 Å². The fraction of sp³-hybridized carbons (Fsp3) is 0.300. The van der Waals surface area contributed by atoms with Crippen LogP contribution in [-0.2, 0) is 11.3 Å². The number of amides is 3. The average Bonchev–Trinajstić information content (AvgIpc) is 2.58. The van der Waals surface area contributed by atoms with E-state index in [1.165, 1.54) is 17.0 Å². The number of urea groups is 1. The molecule has 2 aromatic carbocycles. The van der Waals surface area contributed by atoms with Crippen LogP contribution in [0.2, 0.25) is 5.02 Å². The Morgan fingerprint density at radius 1 is 1.17 bits per heavy atom. The van der Waals surface area contributed by atoms with Gasteiger partial charge in [-0.25, -0.2) is 24.4 Å². The third-order valence-corrected chi connectivity index (χ3v) is 4.33. The standard InChI is InChI=1S/C20H22BrClFN3O3/c1-20(2,3)29-18(27)24-26(12-13-9-14(21)11-16(23)10-13)19(28)25(4)17-7-5-15(22)6-8-17/h5-11H,12H2,1-4H3,(H,24,27). The minimum absolute atomic E-state index is 0.0770. The van der Waals surface area contributed by atoms with Crippen molar-refractivity contribution in [2.45, 2.75) is 32.9 Å². The maximum atomic E-state index is 13.8. The predicted molar refractivity (Wildman–Crippen MR) is 114 cm³/mol. The van der Waals surface area contributed by atoms with Gasteiger partial charge in [0, 0.05) is 22.2 Å². The Hall–Kier alpha value is -2.32. The van der Waals surface area contributed by atoms with Crippen molar-refractivity contribution in [3.05, 3.63) is 63.3 Å². The number of carbonyl (C=O) groups excluding carboxylic acids is 2. The van der Waals surface area contributed by atoms with Gasteiger partial charge in [0.25, 0.3) is 0 Å². The molecule has 0 saturated heterocycles. The van der Waals surface area contributed by atoms with Crippen LogP contribution in [0.5, 0.6) is 0 Å². The second-order valence-corrected chi connectivity index (χ2v) is 8.65. The maximum Gasteiger partial charge on any atom is 0.426 e. The van der Waals surface area contributed by atoms with E-state index in [9.17, 15) is 14.0 Å². The molecule has 9 heteroatoms. The Balaban J connectivity index is 2.27. The van der Waals surface area contributed by atoms with E-state index in [0.29, 0.717) is 20.7 Å². The minimum Gasteiger partial charge on any atom is -0.443 e. The molecule has 0 saturated carbocycles. The average molecular weight is 487 g/mol. The zero-order chi connectivity index (χ0) is 21.8. The molecule has 1 N–H and O–H groups in total. The number of anilines is 1. The van der Waals surface area contributed by atoms with Gasteiger partial charge in [0.15, 0.2) is 0 Å². The lowest BCUT2D eigenvalue weighted by atomic mass is 10.2. The van der Waals surface area contributed by atoms with Gasteiger partial charge >= 0.3 is 12.1 Å². The Kier molecular flexibility index (Phi) is 7.48. The molecule has 0 bridgehead atoms. The van der Waals surface area contributed by atoms with Crippen molar-refractivity contribution in [1.29, 1.82) is 0 Å². The highest BCUT2D eigenvalue weighted by Gasteiger charge is 2.25. The van der Waals surface area contributed by atoms with Gasteiger partial charge in [0.05, 0.1) is 6.54 Å². The van der Waals surface area contributed by atoms with E-state index in [0.717, 1.165) is 5.01 Å². The summed E-state index contributed by atoms with van der Waals surface area (Å²) in [6.07, 6.45) is -0.800. The number of hydrogen-bond acceptors (Lipinski definition) is 3. The minimum atomic E-state index is -0.800. The van der Waals surface area contributed by atoms with Crippen molar-refractivity contribution >= 4 is 45.3 Å². The van der Waals surface area contributed by atoms with Crippen LogP contribution in [0.1, 0.15) is 26.3 Å². The first-order valence-electron chi connectivity index (χ1n) is 8.70. The SMILES string of the molecule is CN(C(=O)N(Cc1cc(F)cc(Br)c1)NC(=O)OC(C)(C)C)c1ccc(Cl)cc1. The van der Waals surface area contributed by atoms with E-state index in [1.54, 1.807) is 58.2 Å². The number of hydrogen-bond donors (Lipinski definition) is 1. The van der Waals surface area contributed by atoms with Crippen LogP contribution >= 0.6 is 27.5 Å². The maximum absolute atomic E-state index is 13.8. The number of nitrogens with one attached hydrogen (secondary N) is 1. The molecule has 0 aliphatic rings. The van der Waals surface area contributed by atoms with Crippen LogP contribution in [0, 0.1) is 5.82 Å². The van der Waals surface area contributed by atoms with Crippen LogP contribution in [0.25, 0.3) is 0 Å². The molecule has 2 aromatic rings. The van der Waals surface area contributed by atoms with E-state index in [-0.39, 0.29) is 6.54 Å². The van der Waals surface area contributed by atoms with E-state index >= 15 is 0 Å². The van der Waals surface area contributed by atoms with E-state index in [1.807, 2.05) is 0 Å². The highest BCUT2D eigenvalue weighted by molar-refractivity contribution is 9.10. The molecule has 6 nitrogen and oxygen atoms in total. The fourth-order valence-electron chi connectivity index (χ4n) is 2.41. The van der Waals surface area contributed by atoms with Crippen molar-refractivity contribution in [3.63, 3.8) is 0 Å². The lowest BCUT2D eigenvalue weighted by molar-refractivity contribution is 0.0375. The van der Waals surface area contributed by atoms with Crippen molar-refractivity contribution in [2.75, 3.05) is 11.9 Å². The molecule has 0 radical (unpaired) electrons. The third-order valence-electron chi connectivity index (χ3n) is 3.62. The number of nitrogens with zero attached hydrogens (tertiary/aromatic N) is 2. The molecule has 2 rings (SSSR count). The Labute approximate surface area is 182 Å². The topological polar surface area (TPSA) is 61.9 Å². The van der Waals surface area contributed by atoms with E-state index < -0.39 is 23.5 Å². The van der Waals surface area contributed by atoms with Crippen molar-refractivity contribution < 1.29 is 18.7 Å². The van der Waals surface area contributed by atoms with Gasteiger partial charge < -0.3 is 4.74 Å². The number of carbonyl (C=O) groups is 2. The summed E-state index contributed by atoms with van der Waals surface area (Å²) in [4.78, 5) is 26.6. The highest BCUT2D eigenvalue weighted by atomic mass is 79.9. The highest BCUT2D eigenvalue weighted by Crippen LogP contribution is 2.20. The first-order valence-corrected chi connectivity index (χ1v) is 9.87. The van der Waals surface area contributed by atoms with Crippen LogP contribution in [0.15, 0.2) is 46.9 Å². The molecule has 156 valence electrons. The zero-order valence-corrected chi connectivity index (χ0v) is 18.8. The molecular formula is C20H22BrClFN3O3. The Morgan fingerprint density at radius 2 is 1.79 bits per heavy atom. The molecule has 0 fully saturated rings. The van der Waals surface area contributed by atoms with Crippen LogP contribution in [-0.4, -0.2) is 29.8 Å². The van der Waals surface area contributed by atoms with Crippen molar-refractivity contribution in [2.24, 2.45) is 0 Å². The molecule has 0 atom stereocenters. The molecule has 0 spiro atoms. The summed E-state index contributed by atoms with van der Waals surface area (Å²) >= 11 is 9.12. The molecule has 29 heavy (non-hydrogen) atoms. The summed E-state index contributed by atoms with van der Waals surface area (Å²) in [6.45, 7) is 5.05. The molecule has 0 aliphatic heterocycles. The number of rotatable bonds is 3. The van der Waals surface area contributed by atoms with Crippen molar-refractivity contribution in [1.82, 2.24) is 10.4 Å².